The van der Waals surface area contributed by atoms with E-state index in [1.54, 1.807) is 11.6 Å². The molecule has 0 spiro atoms. The van der Waals surface area contributed by atoms with Gasteiger partial charge >= 0.3 is 5.69 Å². The number of nitrogens with zero attached hydrogens (tertiary/aromatic N) is 6. The van der Waals surface area contributed by atoms with E-state index in [0.717, 1.165) is 11.0 Å². The van der Waals surface area contributed by atoms with Crippen molar-refractivity contribution in [2.75, 3.05) is 0 Å². The summed E-state index contributed by atoms with van der Waals surface area (Å²) in [6.07, 6.45) is 3.07. The van der Waals surface area contributed by atoms with Gasteiger partial charge in [0.05, 0.1) is 12.9 Å². The molecule has 1 atom stereocenters. The number of hydrogen-bond donors (Lipinski definition) is 1. The molecule has 0 radical (unpaired) electrons. The minimum Gasteiger partial charge on any atom is -0.339 e. The molecule has 0 saturated carbocycles. The van der Waals surface area contributed by atoms with Gasteiger partial charge in [-0.1, -0.05) is 19.0 Å². The molecule has 3 aromatic rings. The van der Waals surface area contributed by atoms with E-state index in [2.05, 4.69) is 41.2 Å². The lowest BCUT2D eigenvalue weighted by molar-refractivity contribution is 0.358. The smallest absolute Gasteiger partial charge is 0.332 e. The van der Waals surface area contributed by atoms with Crippen LogP contribution in [0.1, 0.15) is 38.9 Å². The second-order valence-corrected chi connectivity index (χ2v) is 7.12. The summed E-state index contributed by atoms with van der Waals surface area (Å²) in [4.78, 5) is 33.1. The zero-order valence-corrected chi connectivity index (χ0v) is 16.3. The molecule has 0 amide bonds. The summed E-state index contributed by atoms with van der Waals surface area (Å²) in [5.41, 5.74) is -0.146. The molecule has 0 saturated heterocycles. The molecular weight excluding hydrogens is 350 g/mol. The predicted molar refractivity (Wildman–Crippen MR) is 99.7 cm³/mol. The molecule has 3 rings (SSSR count). The van der Waals surface area contributed by atoms with Gasteiger partial charge in [0, 0.05) is 32.6 Å². The highest BCUT2D eigenvalue weighted by Crippen LogP contribution is 2.09. The highest BCUT2D eigenvalue weighted by molar-refractivity contribution is 5.70. The lowest BCUT2D eigenvalue weighted by Crippen LogP contribution is -2.37. The molecule has 0 fully saturated rings. The summed E-state index contributed by atoms with van der Waals surface area (Å²) >= 11 is 0. The van der Waals surface area contributed by atoms with Crippen LogP contribution in [0.5, 0.6) is 0 Å². The topological polar surface area (TPSA) is 113 Å². The van der Waals surface area contributed by atoms with Gasteiger partial charge < -0.3 is 14.4 Å². The molecule has 10 heteroatoms. The monoisotopic (exact) mass is 375 g/mol. The lowest BCUT2D eigenvalue weighted by atomic mass is 10.1. The largest absolute Gasteiger partial charge is 0.339 e. The predicted octanol–water partition coefficient (Wildman–Crippen LogP) is 0.184. The van der Waals surface area contributed by atoms with Crippen LogP contribution in [0.15, 0.2) is 20.4 Å². The zero-order chi connectivity index (χ0) is 19.7. The summed E-state index contributed by atoms with van der Waals surface area (Å²) < 4.78 is 9.36. The van der Waals surface area contributed by atoms with Crippen molar-refractivity contribution in [2.24, 2.45) is 14.1 Å². The molecule has 0 aliphatic rings. The molecule has 0 aliphatic heterocycles. The Morgan fingerprint density at radius 1 is 1.19 bits per heavy atom. The van der Waals surface area contributed by atoms with Crippen LogP contribution in [0, 0.1) is 0 Å². The minimum atomic E-state index is -0.413. The van der Waals surface area contributed by atoms with E-state index in [-0.39, 0.29) is 6.54 Å². The quantitative estimate of drug-likeness (QED) is 0.627. The highest BCUT2D eigenvalue weighted by Gasteiger charge is 2.16. The van der Waals surface area contributed by atoms with Gasteiger partial charge in [-0.3, -0.25) is 13.9 Å². The SMILES string of the molecule is CC(C)NC(C)CCc1nc(Cn2cnc3c2c(=O)n(C)c(=O)n3C)no1. The first-order valence-corrected chi connectivity index (χ1v) is 8.96. The first-order chi connectivity index (χ1) is 12.8. The van der Waals surface area contributed by atoms with Crippen LogP contribution in [0.25, 0.3) is 11.2 Å². The number of aromatic nitrogens is 6. The molecule has 3 aromatic heterocycles. The van der Waals surface area contributed by atoms with E-state index in [1.807, 2.05) is 0 Å². The third-order valence-corrected chi connectivity index (χ3v) is 4.45. The Balaban J connectivity index is 1.78. The van der Waals surface area contributed by atoms with Crippen molar-refractivity contribution in [1.82, 2.24) is 34.1 Å². The molecule has 0 aromatic carbocycles. The average molecular weight is 375 g/mol. The number of rotatable bonds is 7. The van der Waals surface area contributed by atoms with Gasteiger partial charge in [0.25, 0.3) is 5.56 Å². The van der Waals surface area contributed by atoms with E-state index in [1.165, 1.54) is 17.9 Å². The normalized spacial score (nSPS) is 13.0. The second-order valence-electron chi connectivity index (χ2n) is 7.12. The minimum absolute atomic E-state index is 0.243. The maximum atomic E-state index is 12.5. The Kier molecular flexibility index (Phi) is 5.26. The van der Waals surface area contributed by atoms with Crippen molar-refractivity contribution in [1.29, 1.82) is 0 Å². The van der Waals surface area contributed by atoms with Crippen molar-refractivity contribution >= 4 is 11.2 Å². The molecule has 0 aliphatic carbocycles. The molecule has 3 heterocycles. The first kappa shape index (κ1) is 19.0. The summed E-state index contributed by atoms with van der Waals surface area (Å²) in [6, 6.07) is 0.772. The standard InChI is InChI=1S/C17H25N7O3/c1-10(2)19-11(3)6-7-13-20-12(21-27-13)8-24-9-18-15-14(24)16(25)23(5)17(26)22(15)4/h9-11,19H,6-8H2,1-5H3. The van der Waals surface area contributed by atoms with Gasteiger partial charge in [0.1, 0.15) is 0 Å². The van der Waals surface area contributed by atoms with Crippen LogP contribution in [0.3, 0.4) is 0 Å². The maximum Gasteiger partial charge on any atom is 0.332 e. The maximum absolute atomic E-state index is 12.5. The number of imidazole rings is 1. The third kappa shape index (κ3) is 3.85. The van der Waals surface area contributed by atoms with Crippen molar-refractivity contribution in [3.05, 3.63) is 38.9 Å². The van der Waals surface area contributed by atoms with Crippen molar-refractivity contribution in [2.45, 2.75) is 52.2 Å². The zero-order valence-electron chi connectivity index (χ0n) is 16.3. The first-order valence-electron chi connectivity index (χ1n) is 8.96. The molecule has 1 unspecified atom stereocenters. The van der Waals surface area contributed by atoms with Crippen molar-refractivity contribution in [3.8, 4) is 0 Å². The third-order valence-electron chi connectivity index (χ3n) is 4.45. The summed E-state index contributed by atoms with van der Waals surface area (Å²) in [5.74, 6) is 1.02. The Morgan fingerprint density at radius 2 is 1.93 bits per heavy atom. The number of aryl methyl sites for hydroxylation is 2. The van der Waals surface area contributed by atoms with Gasteiger partial charge in [-0.2, -0.15) is 4.98 Å². The Labute approximate surface area is 155 Å². The number of nitrogens with one attached hydrogen (secondary N) is 1. The number of hydrogen-bond acceptors (Lipinski definition) is 7. The fraction of sp³-hybridized carbons (Fsp3) is 0.588. The summed E-state index contributed by atoms with van der Waals surface area (Å²) in [5, 5.41) is 7.43. The van der Waals surface area contributed by atoms with E-state index < -0.39 is 11.2 Å². The average Bonchev–Trinajstić information content (AvgIpc) is 3.23. The van der Waals surface area contributed by atoms with Crippen molar-refractivity contribution < 1.29 is 4.52 Å². The van der Waals surface area contributed by atoms with Gasteiger partial charge in [-0.25, -0.2) is 9.78 Å². The molecular formula is C17H25N7O3. The van der Waals surface area contributed by atoms with E-state index in [4.69, 9.17) is 4.52 Å². The van der Waals surface area contributed by atoms with Gasteiger partial charge in [0.15, 0.2) is 17.0 Å². The number of fused-ring (bicyclic) bond motifs is 1. The van der Waals surface area contributed by atoms with Crippen LogP contribution in [-0.4, -0.2) is 40.9 Å². The molecule has 1 N–H and O–H groups in total. The van der Waals surface area contributed by atoms with E-state index in [0.29, 0.717) is 41.4 Å². The van der Waals surface area contributed by atoms with Gasteiger partial charge in [-0.05, 0) is 13.3 Å². The van der Waals surface area contributed by atoms with Crippen LogP contribution in [-0.2, 0) is 27.1 Å². The second kappa shape index (κ2) is 7.47. The van der Waals surface area contributed by atoms with Crippen LogP contribution >= 0.6 is 0 Å². The lowest BCUT2D eigenvalue weighted by Gasteiger charge is -2.15. The fourth-order valence-corrected chi connectivity index (χ4v) is 3.12. The van der Waals surface area contributed by atoms with Crippen LogP contribution in [0.2, 0.25) is 0 Å². The molecule has 27 heavy (non-hydrogen) atoms. The molecule has 10 nitrogen and oxygen atoms in total. The molecule has 0 bridgehead atoms. The highest BCUT2D eigenvalue weighted by atomic mass is 16.5. The van der Waals surface area contributed by atoms with E-state index in [9.17, 15) is 9.59 Å². The Hall–Kier alpha value is -2.75. The van der Waals surface area contributed by atoms with Crippen molar-refractivity contribution in [3.63, 3.8) is 0 Å². The van der Waals surface area contributed by atoms with Gasteiger partial charge in [0.2, 0.25) is 5.89 Å². The van der Waals surface area contributed by atoms with Crippen LogP contribution < -0.4 is 16.6 Å². The fourth-order valence-electron chi connectivity index (χ4n) is 3.12. The van der Waals surface area contributed by atoms with Gasteiger partial charge in [-0.15, -0.1) is 0 Å². The Morgan fingerprint density at radius 3 is 2.63 bits per heavy atom. The summed E-state index contributed by atoms with van der Waals surface area (Å²) in [7, 11) is 3.03. The van der Waals surface area contributed by atoms with Crippen LogP contribution in [0.4, 0.5) is 0 Å². The van der Waals surface area contributed by atoms with E-state index >= 15 is 0 Å². The Bertz CT molecular complexity index is 1060. The molecule has 146 valence electrons. The summed E-state index contributed by atoms with van der Waals surface area (Å²) in [6.45, 7) is 6.58.